The van der Waals surface area contributed by atoms with Crippen molar-refractivity contribution in [3.63, 3.8) is 0 Å². The van der Waals surface area contributed by atoms with Crippen LogP contribution in [0, 0.1) is 12.8 Å². The van der Waals surface area contributed by atoms with Gasteiger partial charge < -0.3 is 31.6 Å². The zero-order valence-electron chi connectivity index (χ0n) is 25.7. The van der Waals surface area contributed by atoms with Gasteiger partial charge in [0.2, 0.25) is 0 Å². The van der Waals surface area contributed by atoms with Crippen LogP contribution in [0.25, 0.3) is 0 Å². The number of nitrogens with one attached hydrogen (secondary N) is 1. The minimum Gasteiger partial charge on any atom is -0.796 e. The zero-order chi connectivity index (χ0) is 25.4. The van der Waals surface area contributed by atoms with Gasteiger partial charge in [-0.15, -0.1) is 6.58 Å². The molecule has 0 heterocycles. The van der Waals surface area contributed by atoms with Gasteiger partial charge in [0.1, 0.15) is 0 Å². The van der Waals surface area contributed by atoms with E-state index in [4.69, 9.17) is 5.41 Å². The van der Waals surface area contributed by atoms with E-state index in [0.717, 1.165) is 6.42 Å². The Bertz CT molecular complexity index is 55.3. The summed E-state index contributed by atoms with van der Waals surface area (Å²) in [7, 11) is 0. The fourth-order valence-corrected chi connectivity index (χ4v) is 0. The van der Waals surface area contributed by atoms with Gasteiger partial charge in [0, 0.05) is 2.85 Å². The Kier molecular flexibility index (Phi) is 23400. The zero-order valence-corrected chi connectivity index (χ0v) is 27.6. The average molecular weight is 527 g/mol. The van der Waals surface area contributed by atoms with Gasteiger partial charge in [-0.05, 0) is 13.1 Å². The molecule has 0 aromatic heterocycles. The maximum absolute atomic E-state index is 5.50. The quantitative estimate of drug-likeness (QED) is 0.117. The van der Waals surface area contributed by atoms with Crippen molar-refractivity contribution >= 4 is 19.3 Å². The van der Waals surface area contributed by atoms with Crippen LogP contribution in [-0.2, 0) is 29.7 Å². The molecule has 0 aliphatic rings. The summed E-state index contributed by atoms with van der Waals surface area (Å²) < 4.78 is 0. The fraction of sp³-hybridized carbons (Fsp3) is 0.852. The predicted molar refractivity (Wildman–Crippen MR) is 175 cm³/mol. The first-order valence-electron chi connectivity index (χ1n) is 11.3. The van der Waals surface area contributed by atoms with Gasteiger partial charge in [0.05, 0.1) is 0 Å². The topological polar surface area (TPSA) is 58.9 Å². The molecule has 4 heteroatoms. The van der Waals surface area contributed by atoms with E-state index in [2.05, 4.69) is 32.8 Å². The second-order valence-corrected chi connectivity index (χ2v) is 0.697. The molecule has 0 spiro atoms. The van der Waals surface area contributed by atoms with Gasteiger partial charge in [-0.1, -0.05) is 152 Å². The van der Waals surface area contributed by atoms with Gasteiger partial charge in [-0.3, -0.25) is 0 Å². The first-order valence-corrected chi connectivity index (χ1v) is 12.1. The summed E-state index contributed by atoms with van der Waals surface area (Å²) in [4.78, 5) is 0. The Morgan fingerprint density at radius 1 is 0.581 bits per heavy atom. The Labute approximate surface area is 229 Å². The molecule has 0 unspecified atom stereocenters. The van der Waals surface area contributed by atoms with E-state index < -0.39 is 0 Å². The van der Waals surface area contributed by atoms with Crippen molar-refractivity contribution in [2.24, 2.45) is 0 Å². The van der Waals surface area contributed by atoms with Crippen LogP contribution in [0.5, 0.6) is 0 Å². The van der Waals surface area contributed by atoms with Gasteiger partial charge >= 0.3 is 17.1 Å². The fourth-order valence-electron chi connectivity index (χ4n) is 0. The summed E-state index contributed by atoms with van der Waals surface area (Å²) in [6, 6.07) is 0. The first kappa shape index (κ1) is 141. The Hall–Kier alpha value is 0.239. The molecule has 0 rings (SSSR count). The van der Waals surface area contributed by atoms with Crippen molar-refractivity contribution in [3.8, 4) is 0 Å². The molecule has 0 fully saturated rings. The SMILES string of the molecule is C.C.C=CCC.C=N.CC.CC.CC.CC.CC.CC.CC.CC.CC.C[S-].N.[CH3-].[Fe+2].[HH].[HH]. The van der Waals surface area contributed by atoms with E-state index in [1.807, 2.05) is 131 Å². The maximum Gasteiger partial charge on any atom is 2.00 e. The summed E-state index contributed by atoms with van der Waals surface area (Å²) in [5.41, 5.74) is 0. The Morgan fingerprint density at radius 3 is 0.613 bits per heavy atom. The molecule has 0 atom stereocenters. The summed E-state index contributed by atoms with van der Waals surface area (Å²) in [5, 5.41) is 5.50. The maximum atomic E-state index is 5.50. The van der Waals surface area contributed by atoms with E-state index in [9.17, 15) is 0 Å². The minimum absolute atomic E-state index is 0. The molecule has 0 amide bonds. The largest absolute Gasteiger partial charge is 2.00 e. The smallest absolute Gasteiger partial charge is 0.796 e. The predicted octanol–water partition coefficient (Wildman–Crippen LogP) is 13.6. The van der Waals surface area contributed by atoms with Crippen molar-refractivity contribution in [2.75, 3.05) is 6.26 Å². The third-order valence-corrected chi connectivity index (χ3v) is 0.289. The van der Waals surface area contributed by atoms with Crippen molar-refractivity contribution < 1.29 is 19.9 Å². The molecule has 4 N–H and O–H groups in total. The van der Waals surface area contributed by atoms with Crippen molar-refractivity contribution in [1.29, 1.82) is 5.41 Å². The molecule has 0 saturated heterocycles. The molecule has 2 nitrogen and oxygen atoms in total. The molecular weight excluding hydrogens is 440 g/mol. The standard InChI is InChI=1S/C4H8.9C2H6.CH3N.CH4S.2CH4.CH3.Fe.H3N.2H2/c1-3-4-2;11*1-2;;;;;;;/h3H,1,4H2,2H3;9*1-2H3;2H,1H2;2H,1H3;2*1H4;1H3;;1H3;2*1H/q;;;;;;;;;;;;;;-1;+2;;;/p-1. The Balaban J connectivity index is -0.00000000377. The third-order valence-electron chi connectivity index (χ3n) is 0.289. The molecule has 218 valence electrons. The van der Waals surface area contributed by atoms with Gasteiger partial charge in [-0.2, -0.15) is 6.26 Å². The van der Waals surface area contributed by atoms with E-state index in [1.54, 1.807) is 6.26 Å². The molecule has 0 aromatic carbocycles. The van der Waals surface area contributed by atoms with Crippen LogP contribution in [-0.4, -0.2) is 13.0 Å². The summed E-state index contributed by atoms with van der Waals surface area (Å²) in [6.07, 6.45) is 4.54. The van der Waals surface area contributed by atoms with Crippen LogP contribution in [0.4, 0.5) is 0 Å². The van der Waals surface area contributed by atoms with Crippen LogP contribution in [0.2, 0.25) is 0 Å². The number of allylic oxidation sites excluding steroid dienone is 1. The van der Waals surface area contributed by atoms with Crippen LogP contribution < -0.4 is 6.15 Å². The van der Waals surface area contributed by atoms with Gasteiger partial charge in [0.15, 0.2) is 0 Å². The average Bonchev–Trinajstić information content (AvgIpc) is 2.87. The second-order valence-electron chi connectivity index (χ2n) is 0.697. The molecule has 0 radical (unpaired) electrons. The molecular formula is C27H86FeN2S. The van der Waals surface area contributed by atoms with Gasteiger partial charge in [-0.25, -0.2) is 0 Å². The molecule has 0 aromatic rings. The van der Waals surface area contributed by atoms with Gasteiger partial charge in [0.25, 0.3) is 0 Å². The van der Waals surface area contributed by atoms with E-state index in [0.29, 0.717) is 0 Å². The van der Waals surface area contributed by atoms with Crippen molar-refractivity contribution in [3.05, 3.63) is 20.1 Å². The Morgan fingerprint density at radius 2 is 0.613 bits per heavy atom. The van der Waals surface area contributed by atoms with E-state index >= 15 is 0 Å². The van der Waals surface area contributed by atoms with Crippen LogP contribution in [0.15, 0.2) is 12.7 Å². The summed E-state index contributed by atoms with van der Waals surface area (Å²) in [6.45, 7) is 44.0. The summed E-state index contributed by atoms with van der Waals surface area (Å²) in [5.74, 6) is 0. The van der Waals surface area contributed by atoms with E-state index in [1.165, 1.54) is 0 Å². The normalized spacial score (nSPS) is 2.87. The number of rotatable bonds is 1. The molecule has 0 bridgehead atoms. The first-order chi connectivity index (χ1) is 12.9. The van der Waals surface area contributed by atoms with Crippen LogP contribution in [0.3, 0.4) is 0 Å². The third kappa shape index (κ3) is 15700. The van der Waals surface area contributed by atoms with Crippen LogP contribution >= 0.6 is 0 Å². The molecule has 0 aliphatic heterocycles. The minimum atomic E-state index is 0. The number of hydrogen-bond donors (Lipinski definition) is 2. The summed E-state index contributed by atoms with van der Waals surface area (Å²) >= 11 is 4.08. The molecule has 31 heavy (non-hydrogen) atoms. The molecule has 0 aliphatic carbocycles. The van der Waals surface area contributed by atoms with Crippen molar-refractivity contribution in [2.45, 2.75) is 153 Å². The van der Waals surface area contributed by atoms with E-state index in [-0.39, 0.29) is 48.4 Å². The second kappa shape index (κ2) is 5150. The molecule has 0 saturated carbocycles. The van der Waals surface area contributed by atoms with Crippen molar-refractivity contribution in [1.82, 2.24) is 6.15 Å². The monoisotopic (exact) mass is 527 g/mol. The van der Waals surface area contributed by atoms with Crippen LogP contribution in [0.1, 0.15) is 156 Å². The number of hydrogen-bond acceptors (Lipinski definition) is 3.